The first-order chi connectivity index (χ1) is 15.0. The van der Waals surface area contributed by atoms with Crippen molar-refractivity contribution in [3.05, 3.63) is 53.6 Å². The maximum atomic E-state index is 12.5. The van der Waals surface area contributed by atoms with Crippen LogP contribution in [0.5, 0.6) is 17.2 Å². The largest absolute Gasteiger partial charge is 0.493 e. The topological polar surface area (TPSA) is 60.0 Å². The average Bonchev–Trinajstić information content (AvgIpc) is 2.82. The lowest BCUT2D eigenvalue weighted by Crippen LogP contribution is -2.41. The van der Waals surface area contributed by atoms with Gasteiger partial charge in [0.05, 0.1) is 27.9 Å². The van der Waals surface area contributed by atoms with Gasteiger partial charge in [-0.1, -0.05) is 30.3 Å². The molecule has 1 amide bonds. The molecule has 1 saturated carbocycles. The zero-order valence-electron chi connectivity index (χ0n) is 19.0. The molecule has 0 aliphatic heterocycles. The number of amides is 1. The van der Waals surface area contributed by atoms with Crippen molar-refractivity contribution >= 4 is 5.91 Å². The van der Waals surface area contributed by atoms with Gasteiger partial charge in [-0.2, -0.15) is 0 Å². The van der Waals surface area contributed by atoms with E-state index in [0.717, 1.165) is 18.4 Å². The minimum Gasteiger partial charge on any atom is -0.493 e. The number of carbonyl (C=O) groups excluding carboxylic acids is 1. The minimum absolute atomic E-state index is 0.0152. The number of carbonyl (C=O) groups is 1. The molecule has 1 aliphatic carbocycles. The summed E-state index contributed by atoms with van der Waals surface area (Å²) in [6, 6.07) is 14.9. The van der Waals surface area contributed by atoms with E-state index in [2.05, 4.69) is 40.5 Å². The van der Waals surface area contributed by atoms with Gasteiger partial charge in [0.25, 0.3) is 0 Å². The first kappa shape index (κ1) is 22.9. The van der Waals surface area contributed by atoms with Crippen molar-refractivity contribution in [2.75, 3.05) is 34.9 Å². The number of hydrogen-bond donors (Lipinski definition) is 1. The number of rotatable bonds is 9. The van der Waals surface area contributed by atoms with Gasteiger partial charge < -0.3 is 19.5 Å². The molecule has 0 unspecified atom stereocenters. The fourth-order valence-corrected chi connectivity index (χ4v) is 4.42. The molecule has 0 heterocycles. The lowest BCUT2D eigenvalue weighted by Gasteiger charge is -2.34. The molecule has 0 aromatic heterocycles. The second-order valence-corrected chi connectivity index (χ2v) is 8.14. The average molecular weight is 427 g/mol. The molecule has 31 heavy (non-hydrogen) atoms. The maximum absolute atomic E-state index is 12.5. The Morgan fingerprint density at radius 2 is 1.58 bits per heavy atom. The summed E-state index contributed by atoms with van der Waals surface area (Å²) in [4.78, 5) is 14.7. The number of benzene rings is 2. The van der Waals surface area contributed by atoms with Crippen LogP contribution in [0.25, 0.3) is 0 Å². The van der Waals surface area contributed by atoms with Crippen molar-refractivity contribution in [2.24, 2.45) is 0 Å². The Hall–Kier alpha value is -2.73. The van der Waals surface area contributed by atoms with Gasteiger partial charge in [-0.25, -0.2) is 0 Å². The second kappa shape index (κ2) is 11.0. The van der Waals surface area contributed by atoms with Crippen molar-refractivity contribution in [2.45, 2.75) is 44.2 Å². The number of ether oxygens (including phenoxy) is 3. The van der Waals surface area contributed by atoms with Gasteiger partial charge in [0, 0.05) is 12.6 Å². The van der Waals surface area contributed by atoms with Crippen LogP contribution in [0.15, 0.2) is 42.5 Å². The predicted octanol–water partition coefficient (Wildman–Crippen LogP) is 3.99. The molecule has 0 bridgehead atoms. The molecule has 2 aromatic rings. The van der Waals surface area contributed by atoms with E-state index in [0.29, 0.717) is 42.3 Å². The van der Waals surface area contributed by atoms with Crippen molar-refractivity contribution in [1.29, 1.82) is 0 Å². The molecule has 1 aliphatic rings. The molecule has 0 saturated heterocycles. The highest BCUT2D eigenvalue weighted by Crippen LogP contribution is 2.38. The Balaban J connectivity index is 1.49. The summed E-state index contributed by atoms with van der Waals surface area (Å²) in [7, 11) is 6.79. The van der Waals surface area contributed by atoms with E-state index in [-0.39, 0.29) is 5.91 Å². The van der Waals surface area contributed by atoms with E-state index in [1.807, 2.05) is 19.2 Å². The van der Waals surface area contributed by atoms with E-state index in [1.54, 1.807) is 21.3 Å². The Bertz CT molecular complexity index is 823. The monoisotopic (exact) mass is 426 g/mol. The molecule has 6 heteroatoms. The number of likely N-dealkylation sites (N-methyl/N-ethyl adjacent to an activating group) is 1. The maximum Gasteiger partial charge on any atom is 0.234 e. The molecule has 3 rings (SSSR count). The van der Waals surface area contributed by atoms with Crippen LogP contribution in [0.2, 0.25) is 0 Å². The third kappa shape index (κ3) is 5.91. The van der Waals surface area contributed by atoms with E-state index in [9.17, 15) is 4.79 Å². The van der Waals surface area contributed by atoms with Gasteiger partial charge in [0.2, 0.25) is 11.7 Å². The summed E-state index contributed by atoms with van der Waals surface area (Å²) >= 11 is 0. The molecule has 0 atom stereocenters. The summed E-state index contributed by atoms with van der Waals surface area (Å²) in [5.74, 6) is 2.36. The standard InChI is InChI=1S/C25H34N2O4/c1-27(21-12-10-20(11-13-21)19-8-6-5-7-9-19)17-24(28)26-16-18-14-22(29-2)25(31-4)23(15-18)30-3/h5-9,14-15,20-21H,10-13,16-17H2,1-4H3,(H,26,28). The third-order valence-corrected chi connectivity index (χ3v) is 6.20. The second-order valence-electron chi connectivity index (χ2n) is 8.14. The van der Waals surface area contributed by atoms with Gasteiger partial charge in [0.15, 0.2) is 11.5 Å². The van der Waals surface area contributed by atoms with E-state index >= 15 is 0 Å². The zero-order valence-corrected chi connectivity index (χ0v) is 19.0. The van der Waals surface area contributed by atoms with Gasteiger partial charge in [-0.05, 0) is 61.9 Å². The molecule has 2 aromatic carbocycles. The zero-order chi connectivity index (χ0) is 22.2. The lowest BCUT2D eigenvalue weighted by atomic mass is 9.81. The van der Waals surface area contributed by atoms with Crippen LogP contribution in [-0.4, -0.2) is 51.8 Å². The first-order valence-electron chi connectivity index (χ1n) is 10.9. The van der Waals surface area contributed by atoms with Gasteiger partial charge >= 0.3 is 0 Å². The normalized spacial score (nSPS) is 18.5. The Kier molecular flexibility index (Phi) is 8.18. The quantitative estimate of drug-likeness (QED) is 0.657. The summed E-state index contributed by atoms with van der Waals surface area (Å²) in [6.07, 6.45) is 4.59. The van der Waals surface area contributed by atoms with Gasteiger partial charge in [-0.3, -0.25) is 9.69 Å². The van der Waals surface area contributed by atoms with E-state index in [4.69, 9.17) is 14.2 Å². The third-order valence-electron chi connectivity index (χ3n) is 6.20. The molecule has 0 spiro atoms. The summed E-state index contributed by atoms with van der Waals surface area (Å²) in [5.41, 5.74) is 2.33. The highest BCUT2D eigenvalue weighted by Gasteiger charge is 2.25. The van der Waals surface area contributed by atoms with Gasteiger partial charge in [0.1, 0.15) is 0 Å². The molecule has 1 fully saturated rings. The van der Waals surface area contributed by atoms with Crippen LogP contribution in [0.3, 0.4) is 0 Å². The Morgan fingerprint density at radius 3 is 2.13 bits per heavy atom. The van der Waals surface area contributed by atoms with Crippen LogP contribution in [-0.2, 0) is 11.3 Å². The Morgan fingerprint density at radius 1 is 0.968 bits per heavy atom. The lowest BCUT2D eigenvalue weighted by molar-refractivity contribution is -0.122. The highest BCUT2D eigenvalue weighted by molar-refractivity contribution is 5.78. The summed E-state index contributed by atoms with van der Waals surface area (Å²) < 4.78 is 16.1. The fraction of sp³-hybridized carbons (Fsp3) is 0.480. The molecule has 1 N–H and O–H groups in total. The fourth-order valence-electron chi connectivity index (χ4n) is 4.42. The van der Waals surface area contributed by atoms with Crippen molar-refractivity contribution in [3.8, 4) is 17.2 Å². The van der Waals surface area contributed by atoms with Gasteiger partial charge in [-0.15, -0.1) is 0 Å². The van der Waals surface area contributed by atoms with E-state index in [1.165, 1.54) is 18.4 Å². The van der Waals surface area contributed by atoms with Crippen LogP contribution in [0.1, 0.15) is 42.7 Å². The molecule has 6 nitrogen and oxygen atoms in total. The van der Waals surface area contributed by atoms with Crippen molar-refractivity contribution in [3.63, 3.8) is 0 Å². The molecule has 0 radical (unpaired) electrons. The number of hydrogen-bond acceptors (Lipinski definition) is 5. The molecular formula is C25H34N2O4. The van der Waals surface area contributed by atoms with Crippen molar-refractivity contribution < 1.29 is 19.0 Å². The van der Waals surface area contributed by atoms with Crippen LogP contribution in [0.4, 0.5) is 0 Å². The molecular weight excluding hydrogens is 392 g/mol. The van der Waals surface area contributed by atoms with Crippen LogP contribution in [0, 0.1) is 0 Å². The van der Waals surface area contributed by atoms with Crippen LogP contribution >= 0.6 is 0 Å². The minimum atomic E-state index is 0.0152. The highest BCUT2D eigenvalue weighted by atomic mass is 16.5. The Labute approximate surface area is 185 Å². The summed E-state index contributed by atoms with van der Waals surface area (Å²) in [6.45, 7) is 0.801. The van der Waals surface area contributed by atoms with Crippen molar-refractivity contribution in [1.82, 2.24) is 10.2 Å². The SMILES string of the molecule is COc1cc(CNC(=O)CN(C)C2CCC(c3ccccc3)CC2)cc(OC)c1OC. The summed E-state index contributed by atoms with van der Waals surface area (Å²) in [5, 5.41) is 3.01. The van der Waals surface area contributed by atoms with Crippen LogP contribution < -0.4 is 19.5 Å². The van der Waals surface area contributed by atoms with E-state index < -0.39 is 0 Å². The number of methoxy groups -OCH3 is 3. The smallest absolute Gasteiger partial charge is 0.234 e. The predicted molar refractivity (Wildman–Crippen MR) is 122 cm³/mol. The number of nitrogens with zero attached hydrogens (tertiary/aromatic N) is 1. The number of nitrogens with one attached hydrogen (secondary N) is 1. The molecule has 168 valence electrons. The first-order valence-corrected chi connectivity index (χ1v) is 10.9.